The molecule has 0 aliphatic heterocycles. The van der Waals surface area contributed by atoms with E-state index in [-0.39, 0.29) is 21.7 Å². The normalized spacial score (nSPS) is 12.3. The SMILES string of the molecule is O=C(c1cc(C(F)(F)F)cc(C(F)(F)F)c1)c1ccc(Cl)c(Cl)c1. The lowest BCUT2D eigenvalue weighted by Crippen LogP contribution is -2.14. The Morgan fingerprint density at radius 1 is 0.708 bits per heavy atom. The van der Waals surface area contributed by atoms with E-state index in [0.717, 1.165) is 12.1 Å². The van der Waals surface area contributed by atoms with Crippen molar-refractivity contribution in [2.75, 3.05) is 0 Å². The molecule has 0 saturated carbocycles. The van der Waals surface area contributed by atoms with Crippen molar-refractivity contribution in [3.8, 4) is 0 Å². The van der Waals surface area contributed by atoms with Crippen molar-refractivity contribution >= 4 is 29.0 Å². The zero-order valence-corrected chi connectivity index (χ0v) is 12.9. The van der Waals surface area contributed by atoms with Crippen LogP contribution in [0.3, 0.4) is 0 Å². The lowest BCUT2D eigenvalue weighted by Gasteiger charge is -2.14. The van der Waals surface area contributed by atoms with Crippen molar-refractivity contribution in [2.45, 2.75) is 12.4 Å². The van der Waals surface area contributed by atoms with Crippen LogP contribution >= 0.6 is 23.2 Å². The maximum absolute atomic E-state index is 12.8. The Hall–Kier alpha value is -1.73. The average Bonchev–Trinajstić information content (AvgIpc) is 2.47. The van der Waals surface area contributed by atoms with Crippen LogP contribution in [0, 0.1) is 0 Å². The summed E-state index contributed by atoms with van der Waals surface area (Å²) in [5.74, 6) is -1.04. The zero-order valence-electron chi connectivity index (χ0n) is 11.4. The number of benzene rings is 2. The molecule has 0 radical (unpaired) electrons. The molecule has 1 nitrogen and oxygen atoms in total. The molecule has 9 heteroatoms. The standard InChI is InChI=1S/C15H6Cl2F6O/c16-11-2-1-7(5-12(11)17)13(24)8-3-9(14(18,19)20)6-10(4-8)15(21,22)23/h1-6H. The highest BCUT2D eigenvalue weighted by Gasteiger charge is 2.37. The molecule has 0 N–H and O–H groups in total. The van der Waals surface area contributed by atoms with Crippen molar-refractivity contribution in [1.82, 2.24) is 0 Å². The Bertz CT molecular complexity index is 763. The number of rotatable bonds is 2. The van der Waals surface area contributed by atoms with Gasteiger partial charge < -0.3 is 0 Å². The van der Waals surface area contributed by atoms with Gasteiger partial charge >= 0.3 is 12.4 Å². The minimum absolute atomic E-state index is 0.0500. The van der Waals surface area contributed by atoms with Gasteiger partial charge in [0.1, 0.15) is 0 Å². The van der Waals surface area contributed by atoms with E-state index in [1.807, 2.05) is 0 Å². The van der Waals surface area contributed by atoms with Crippen LogP contribution in [0.1, 0.15) is 27.0 Å². The van der Waals surface area contributed by atoms with Crippen LogP contribution in [0.5, 0.6) is 0 Å². The number of carbonyl (C=O) groups excluding carboxylic acids is 1. The van der Waals surface area contributed by atoms with Gasteiger partial charge in [0, 0.05) is 11.1 Å². The molecule has 0 fully saturated rings. The van der Waals surface area contributed by atoms with Gasteiger partial charge in [-0.1, -0.05) is 23.2 Å². The van der Waals surface area contributed by atoms with Crippen LogP contribution in [0.2, 0.25) is 10.0 Å². The van der Waals surface area contributed by atoms with Crippen molar-refractivity contribution < 1.29 is 31.1 Å². The molecule has 0 spiro atoms. The van der Waals surface area contributed by atoms with E-state index >= 15 is 0 Å². The fraction of sp³-hybridized carbons (Fsp3) is 0.133. The molecule has 0 amide bonds. The van der Waals surface area contributed by atoms with Crippen molar-refractivity contribution in [3.63, 3.8) is 0 Å². The summed E-state index contributed by atoms with van der Waals surface area (Å²) < 4.78 is 76.8. The van der Waals surface area contributed by atoms with E-state index < -0.39 is 34.8 Å². The van der Waals surface area contributed by atoms with Gasteiger partial charge in [0.25, 0.3) is 0 Å². The van der Waals surface area contributed by atoms with Crippen LogP contribution in [-0.4, -0.2) is 5.78 Å². The molecular formula is C15H6Cl2F6O. The second kappa shape index (κ2) is 6.29. The first-order valence-electron chi connectivity index (χ1n) is 6.19. The molecule has 2 aromatic rings. The van der Waals surface area contributed by atoms with E-state index in [1.54, 1.807) is 0 Å². The molecule has 2 rings (SSSR count). The van der Waals surface area contributed by atoms with Crippen LogP contribution < -0.4 is 0 Å². The van der Waals surface area contributed by atoms with Gasteiger partial charge in [-0.15, -0.1) is 0 Å². The number of carbonyl (C=O) groups is 1. The Kier molecular flexibility index (Phi) is 4.88. The zero-order chi connectivity index (χ0) is 18.3. The molecule has 0 saturated heterocycles. The summed E-state index contributed by atoms with van der Waals surface area (Å²) >= 11 is 11.4. The van der Waals surface area contributed by atoms with E-state index in [4.69, 9.17) is 23.2 Å². The summed E-state index contributed by atoms with van der Waals surface area (Å²) in [5.41, 5.74) is -4.08. The number of halogens is 8. The minimum Gasteiger partial charge on any atom is -0.289 e. The summed E-state index contributed by atoms with van der Waals surface area (Å²) in [7, 11) is 0. The number of ketones is 1. The van der Waals surface area contributed by atoms with E-state index in [0.29, 0.717) is 12.1 Å². The maximum atomic E-state index is 12.8. The van der Waals surface area contributed by atoms with Gasteiger partial charge in [0.15, 0.2) is 5.78 Å². The Balaban J connectivity index is 2.60. The highest BCUT2D eigenvalue weighted by atomic mass is 35.5. The Morgan fingerprint density at radius 2 is 1.21 bits per heavy atom. The molecular weight excluding hydrogens is 381 g/mol. The third-order valence-electron chi connectivity index (χ3n) is 3.03. The summed E-state index contributed by atoms with van der Waals surface area (Å²) in [6.45, 7) is 0. The van der Waals surface area contributed by atoms with Gasteiger partial charge in [0.2, 0.25) is 0 Å². The first kappa shape index (κ1) is 18.6. The fourth-order valence-electron chi connectivity index (χ4n) is 1.89. The lowest BCUT2D eigenvalue weighted by atomic mass is 9.98. The first-order valence-corrected chi connectivity index (χ1v) is 6.94. The van der Waals surface area contributed by atoms with Crippen molar-refractivity contribution in [2.24, 2.45) is 0 Å². The molecule has 0 aromatic heterocycles. The minimum atomic E-state index is -5.03. The number of hydrogen-bond acceptors (Lipinski definition) is 1. The van der Waals surface area contributed by atoms with Crippen LogP contribution in [0.4, 0.5) is 26.3 Å². The maximum Gasteiger partial charge on any atom is 0.416 e. The molecule has 0 heterocycles. The van der Waals surface area contributed by atoms with Gasteiger partial charge in [-0.25, -0.2) is 0 Å². The molecule has 2 aromatic carbocycles. The predicted molar refractivity (Wildman–Crippen MR) is 76.3 cm³/mol. The first-order chi connectivity index (χ1) is 10.9. The quantitative estimate of drug-likeness (QED) is 0.439. The molecule has 0 aliphatic rings. The monoisotopic (exact) mass is 386 g/mol. The summed E-state index contributed by atoms with van der Waals surface area (Å²) in [5, 5.41) is 0.0405. The van der Waals surface area contributed by atoms with Crippen LogP contribution in [0.25, 0.3) is 0 Å². The summed E-state index contributed by atoms with van der Waals surface area (Å²) in [4.78, 5) is 12.2. The molecule has 0 aliphatic carbocycles. The van der Waals surface area contributed by atoms with Gasteiger partial charge in [-0.2, -0.15) is 26.3 Å². The third kappa shape index (κ3) is 4.02. The summed E-state index contributed by atoms with van der Waals surface area (Å²) in [6.07, 6.45) is -10.1. The topological polar surface area (TPSA) is 17.1 Å². The van der Waals surface area contributed by atoms with Crippen LogP contribution in [-0.2, 0) is 12.4 Å². The predicted octanol–water partition coefficient (Wildman–Crippen LogP) is 6.26. The van der Waals surface area contributed by atoms with Crippen molar-refractivity contribution in [3.05, 3.63) is 68.7 Å². The van der Waals surface area contributed by atoms with E-state index in [1.165, 1.54) is 6.07 Å². The van der Waals surface area contributed by atoms with E-state index in [2.05, 4.69) is 0 Å². The van der Waals surface area contributed by atoms with Gasteiger partial charge in [0.05, 0.1) is 21.2 Å². The molecule has 24 heavy (non-hydrogen) atoms. The number of alkyl halides is 6. The highest BCUT2D eigenvalue weighted by molar-refractivity contribution is 6.42. The summed E-state index contributed by atoms with van der Waals surface area (Å²) in [6, 6.07) is 4.12. The Labute approximate surface area is 141 Å². The highest BCUT2D eigenvalue weighted by Crippen LogP contribution is 2.37. The third-order valence-corrected chi connectivity index (χ3v) is 3.77. The molecule has 0 bridgehead atoms. The molecule has 0 unspecified atom stereocenters. The van der Waals surface area contributed by atoms with Gasteiger partial charge in [-0.05, 0) is 36.4 Å². The second-order valence-corrected chi connectivity index (χ2v) is 5.57. The smallest absolute Gasteiger partial charge is 0.289 e. The largest absolute Gasteiger partial charge is 0.416 e. The fourth-order valence-corrected chi connectivity index (χ4v) is 2.19. The molecule has 0 atom stereocenters. The lowest BCUT2D eigenvalue weighted by molar-refractivity contribution is -0.143. The molecule has 128 valence electrons. The number of hydrogen-bond donors (Lipinski definition) is 0. The van der Waals surface area contributed by atoms with E-state index in [9.17, 15) is 31.1 Å². The average molecular weight is 387 g/mol. The van der Waals surface area contributed by atoms with Crippen LogP contribution in [0.15, 0.2) is 36.4 Å². The second-order valence-electron chi connectivity index (χ2n) is 4.75. The Morgan fingerprint density at radius 3 is 1.62 bits per heavy atom. The van der Waals surface area contributed by atoms with Crippen molar-refractivity contribution in [1.29, 1.82) is 0 Å². The van der Waals surface area contributed by atoms with Gasteiger partial charge in [-0.3, -0.25) is 4.79 Å².